The molecule has 1 N–H and O–H groups in total. The topological polar surface area (TPSA) is 127 Å². The predicted molar refractivity (Wildman–Crippen MR) is 117 cm³/mol. The second-order valence-corrected chi connectivity index (χ2v) is 9.83. The van der Waals surface area contributed by atoms with Crippen LogP contribution in [-0.2, 0) is 14.3 Å². The Morgan fingerprint density at radius 3 is 2.65 bits per heavy atom. The van der Waals surface area contributed by atoms with Gasteiger partial charge in [-0.05, 0) is 67.6 Å². The third-order valence-electron chi connectivity index (χ3n) is 7.71. The zero-order chi connectivity index (χ0) is 23.3. The predicted octanol–water partition coefficient (Wildman–Crippen LogP) is 0.624. The van der Waals surface area contributed by atoms with Gasteiger partial charge in [0.1, 0.15) is 12.9 Å². The Morgan fingerprint density at radius 2 is 2.03 bits per heavy atom. The van der Waals surface area contributed by atoms with Gasteiger partial charge in [-0.3, -0.25) is 4.79 Å². The number of hydrogen-bond donors (Lipinski definition) is 1. The molecule has 34 heavy (non-hydrogen) atoms. The molecule has 4 aliphatic rings. The Balaban J connectivity index is 1.10. The monoisotopic (exact) mass is 465 g/mol. The second kappa shape index (κ2) is 8.24. The zero-order valence-electron chi connectivity index (χ0n) is 18.8. The number of rotatable bonds is 6. The molecule has 11 nitrogen and oxygen atoms in total. The quantitative estimate of drug-likeness (QED) is 0.611. The van der Waals surface area contributed by atoms with E-state index in [4.69, 9.17) is 4.74 Å². The Hall–Kier alpha value is -3.18. The number of aliphatic hydroxyl groups is 1. The smallest absolute Gasteiger partial charge is 0.333 e. The van der Waals surface area contributed by atoms with Crippen LogP contribution in [0.5, 0.6) is 0 Å². The van der Waals surface area contributed by atoms with Gasteiger partial charge in [0.2, 0.25) is 5.91 Å². The first kappa shape index (κ1) is 21.4. The van der Waals surface area contributed by atoms with Gasteiger partial charge >= 0.3 is 5.97 Å². The number of likely N-dealkylation sites (tertiary alicyclic amines) is 2. The van der Waals surface area contributed by atoms with Crippen molar-refractivity contribution in [3.05, 3.63) is 42.0 Å². The minimum absolute atomic E-state index is 0.150. The van der Waals surface area contributed by atoms with Crippen LogP contribution in [0, 0.1) is 11.3 Å². The highest BCUT2D eigenvalue weighted by atomic mass is 16.5. The van der Waals surface area contributed by atoms with E-state index in [0.29, 0.717) is 18.3 Å². The van der Waals surface area contributed by atoms with Gasteiger partial charge in [0.25, 0.3) is 0 Å². The number of hydrogen-bond acceptors (Lipinski definition) is 9. The number of tetrazole rings is 1. The molecular formula is C23H27N7O4. The van der Waals surface area contributed by atoms with Crippen molar-refractivity contribution in [3.8, 4) is 5.82 Å². The fraction of sp³-hybridized carbons (Fsp3) is 0.565. The number of pyridine rings is 1. The van der Waals surface area contributed by atoms with Crippen LogP contribution < -0.4 is 0 Å². The van der Waals surface area contributed by atoms with Gasteiger partial charge in [-0.25, -0.2) is 9.78 Å². The standard InChI is InChI=1S/C23H27N7O4/c31-19(16-3-4-20(24-11-16)29-14-25-26-27-29)12-28-7-5-23(6-8-28)10-18(15-1-2-15)30(22(23)33)17-9-21(32)34-13-17/h3-4,9,11,14-15,18-19,31H,1-2,5-8,10,12-13H2. The Labute approximate surface area is 196 Å². The lowest BCUT2D eigenvalue weighted by molar-refractivity contribution is -0.139. The molecule has 3 fully saturated rings. The van der Waals surface area contributed by atoms with Gasteiger partial charge in [0.15, 0.2) is 5.82 Å². The van der Waals surface area contributed by atoms with E-state index in [0.717, 1.165) is 56.5 Å². The second-order valence-electron chi connectivity index (χ2n) is 9.83. The Bertz CT molecular complexity index is 1100. The number of ether oxygens (including phenoxy) is 1. The molecule has 0 radical (unpaired) electrons. The number of β-amino-alcohol motifs (C(OH)–C–C–N with tert-alkyl or cyclic N) is 1. The number of aromatic nitrogens is 5. The van der Waals surface area contributed by atoms with Crippen LogP contribution in [-0.4, -0.2) is 84.3 Å². The van der Waals surface area contributed by atoms with Crippen LogP contribution in [0.2, 0.25) is 0 Å². The summed E-state index contributed by atoms with van der Waals surface area (Å²) in [6.07, 6.45) is 8.58. The lowest BCUT2D eigenvalue weighted by Crippen LogP contribution is -2.45. The van der Waals surface area contributed by atoms with E-state index < -0.39 is 6.10 Å². The molecule has 2 saturated heterocycles. The number of aliphatic hydroxyl groups excluding tert-OH is 1. The van der Waals surface area contributed by atoms with Crippen molar-refractivity contribution < 1.29 is 19.4 Å². The lowest BCUT2D eigenvalue weighted by atomic mass is 9.75. The van der Waals surface area contributed by atoms with Crippen molar-refractivity contribution in [3.63, 3.8) is 0 Å². The number of carbonyl (C=O) groups excluding carboxylic acids is 2. The highest BCUT2D eigenvalue weighted by molar-refractivity contribution is 5.91. The molecule has 2 unspecified atom stereocenters. The number of esters is 1. The lowest BCUT2D eigenvalue weighted by Gasteiger charge is -2.38. The van der Waals surface area contributed by atoms with Crippen molar-refractivity contribution in [1.82, 2.24) is 35.0 Å². The normalized spacial score (nSPS) is 25.6. The first-order valence-electron chi connectivity index (χ1n) is 11.8. The third-order valence-corrected chi connectivity index (χ3v) is 7.71. The molecule has 2 atom stereocenters. The van der Waals surface area contributed by atoms with E-state index in [-0.39, 0.29) is 29.9 Å². The number of nitrogens with zero attached hydrogens (tertiary/aromatic N) is 7. The van der Waals surface area contributed by atoms with Crippen LogP contribution in [0.1, 0.15) is 43.8 Å². The molecule has 2 aromatic rings. The maximum atomic E-state index is 13.6. The number of carbonyl (C=O) groups is 2. The minimum atomic E-state index is -0.675. The van der Waals surface area contributed by atoms with Crippen molar-refractivity contribution in [2.24, 2.45) is 11.3 Å². The van der Waals surface area contributed by atoms with Gasteiger partial charge < -0.3 is 19.6 Å². The van der Waals surface area contributed by atoms with E-state index in [2.05, 4.69) is 25.4 Å². The highest BCUT2D eigenvalue weighted by Crippen LogP contribution is 2.52. The third kappa shape index (κ3) is 3.78. The van der Waals surface area contributed by atoms with Crippen molar-refractivity contribution in [2.45, 2.75) is 44.2 Å². The van der Waals surface area contributed by atoms with Crippen LogP contribution >= 0.6 is 0 Å². The summed E-state index contributed by atoms with van der Waals surface area (Å²) in [6, 6.07) is 3.78. The van der Waals surface area contributed by atoms with Gasteiger partial charge in [-0.15, -0.1) is 5.10 Å². The highest BCUT2D eigenvalue weighted by Gasteiger charge is 2.57. The van der Waals surface area contributed by atoms with Crippen molar-refractivity contribution in [2.75, 3.05) is 26.2 Å². The number of piperidine rings is 1. The minimum Gasteiger partial charge on any atom is -0.456 e. The largest absolute Gasteiger partial charge is 0.456 e. The van der Waals surface area contributed by atoms with E-state index in [1.54, 1.807) is 12.3 Å². The summed E-state index contributed by atoms with van der Waals surface area (Å²) >= 11 is 0. The zero-order valence-corrected chi connectivity index (χ0v) is 18.8. The molecule has 1 spiro atoms. The van der Waals surface area contributed by atoms with Crippen molar-refractivity contribution >= 4 is 11.9 Å². The fourth-order valence-corrected chi connectivity index (χ4v) is 5.62. The van der Waals surface area contributed by atoms with E-state index in [1.807, 2.05) is 11.0 Å². The summed E-state index contributed by atoms with van der Waals surface area (Å²) in [4.78, 5) is 33.7. The number of cyclic esters (lactones) is 1. The molecule has 1 aliphatic carbocycles. The molecule has 178 valence electrons. The molecule has 1 saturated carbocycles. The summed E-state index contributed by atoms with van der Waals surface area (Å²) in [7, 11) is 0. The maximum absolute atomic E-state index is 13.6. The molecule has 6 rings (SSSR count). The summed E-state index contributed by atoms with van der Waals surface area (Å²) in [5.74, 6) is 0.905. The van der Waals surface area contributed by atoms with Gasteiger partial charge in [0.05, 0.1) is 17.2 Å². The average molecular weight is 466 g/mol. The SMILES string of the molecule is O=C1C=C(N2C(=O)C3(CCN(CC(O)c4ccc(-n5cnnn5)nc4)CC3)CC2C2CC2)CO1. The summed E-state index contributed by atoms with van der Waals surface area (Å²) < 4.78 is 6.56. The van der Waals surface area contributed by atoms with Gasteiger partial charge in [-0.1, -0.05) is 6.07 Å². The average Bonchev–Trinajstić information content (AvgIpc) is 3.24. The summed E-state index contributed by atoms with van der Waals surface area (Å²) in [5, 5.41) is 21.8. The first-order chi connectivity index (χ1) is 16.5. The Morgan fingerprint density at radius 1 is 1.21 bits per heavy atom. The van der Waals surface area contributed by atoms with E-state index in [1.165, 1.54) is 17.1 Å². The summed E-state index contributed by atoms with van der Waals surface area (Å²) in [6.45, 7) is 2.18. The van der Waals surface area contributed by atoms with Crippen LogP contribution in [0.15, 0.2) is 36.4 Å². The fourth-order valence-electron chi connectivity index (χ4n) is 5.62. The molecular weight excluding hydrogens is 438 g/mol. The molecule has 5 heterocycles. The molecule has 3 aliphatic heterocycles. The summed E-state index contributed by atoms with van der Waals surface area (Å²) in [5.41, 5.74) is 1.07. The van der Waals surface area contributed by atoms with Crippen LogP contribution in [0.25, 0.3) is 5.82 Å². The van der Waals surface area contributed by atoms with Gasteiger partial charge in [0, 0.05) is 30.4 Å². The van der Waals surface area contributed by atoms with E-state index >= 15 is 0 Å². The van der Waals surface area contributed by atoms with Gasteiger partial charge in [-0.2, -0.15) is 4.68 Å². The van der Waals surface area contributed by atoms with E-state index in [9.17, 15) is 14.7 Å². The molecule has 2 aromatic heterocycles. The maximum Gasteiger partial charge on any atom is 0.333 e. The first-order valence-corrected chi connectivity index (χ1v) is 11.8. The molecule has 1 amide bonds. The molecule has 0 bridgehead atoms. The number of amides is 1. The Kier molecular flexibility index (Phi) is 5.18. The van der Waals surface area contributed by atoms with Crippen LogP contribution in [0.3, 0.4) is 0 Å². The van der Waals surface area contributed by atoms with Crippen molar-refractivity contribution in [1.29, 1.82) is 0 Å². The molecule has 0 aromatic carbocycles. The van der Waals surface area contributed by atoms with Crippen LogP contribution in [0.4, 0.5) is 0 Å². The molecule has 11 heteroatoms.